The van der Waals surface area contributed by atoms with Crippen LogP contribution < -0.4 is 5.73 Å². The highest BCUT2D eigenvalue weighted by molar-refractivity contribution is 4.73. The molecule has 2 nitrogen and oxygen atoms in total. The van der Waals surface area contributed by atoms with Crippen molar-refractivity contribution in [2.45, 2.75) is 32.7 Å². The Morgan fingerprint density at radius 3 is 2.25 bits per heavy atom. The van der Waals surface area contributed by atoms with Crippen molar-refractivity contribution < 1.29 is 4.39 Å². The number of likely N-dealkylation sites (tertiary alicyclic amines) is 1. The van der Waals surface area contributed by atoms with Crippen molar-refractivity contribution in [1.82, 2.24) is 4.90 Å². The molecule has 2 N–H and O–H groups in total. The van der Waals surface area contributed by atoms with Crippen LogP contribution >= 0.6 is 0 Å². The Kier molecular flexibility index (Phi) is 7.40. The average molecular weight is 176 g/mol. The van der Waals surface area contributed by atoms with Crippen LogP contribution in [0.25, 0.3) is 0 Å². The van der Waals surface area contributed by atoms with Gasteiger partial charge < -0.3 is 10.6 Å². The molecule has 0 saturated carbocycles. The van der Waals surface area contributed by atoms with Crippen molar-refractivity contribution in [2.75, 3.05) is 26.3 Å². The van der Waals surface area contributed by atoms with Gasteiger partial charge in [0, 0.05) is 12.6 Å². The number of hydrogen-bond donors (Lipinski definition) is 1. The Morgan fingerprint density at radius 2 is 1.83 bits per heavy atom. The minimum atomic E-state index is -0.227. The lowest BCUT2D eigenvalue weighted by molar-refractivity contribution is 0.198. The third-order valence-corrected chi connectivity index (χ3v) is 2.03. The molecule has 0 aromatic rings. The first kappa shape index (κ1) is 11.8. The summed E-state index contributed by atoms with van der Waals surface area (Å²) in [6.07, 6.45) is 2.06. The molecule has 0 aliphatic carbocycles. The van der Waals surface area contributed by atoms with E-state index >= 15 is 0 Å². The predicted molar refractivity (Wildman–Crippen MR) is 51.0 cm³/mol. The van der Waals surface area contributed by atoms with Gasteiger partial charge in [0.2, 0.25) is 0 Å². The Bertz CT molecular complexity index is 90.5. The summed E-state index contributed by atoms with van der Waals surface area (Å²) in [4.78, 5) is 2.13. The number of hydrogen-bond acceptors (Lipinski definition) is 2. The summed E-state index contributed by atoms with van der Waals surface area (Å²) in [6.45, 7) is 6.32. The molecule has 12 heavy (non-hydrogen) atoms. The molecule has 3 heteroatoms. The van der Waals surface area contributed by atoms with Crippen LogP contribution in [0.5, 0.6) is 0 Å². The summed E-state index contributed by atoms with van der Waals surface area (Å²) in [7, 11) is 0. The zero-order valence-electron chi connectivity index (χ0n) is 8.22. The highest BCUT2D eigenvalue weighted by atomic mass is 19.1. The molecule has 0 spiro atoms. The van der Waals surface area contributed by atoms with Gasteiger partial charge in [-0.2, -0.15) is 0 Å². The molecule has 74 valence electrons. The SMILES string of the molecule is CC.NC1CCN(CCF)CC1. The zero-order chi connectivity index (χ0) is 9.40. The van der Waals surface area contributed by atoms with Crippen LogP contribution in [0.4, 0.5) is 4.39 Å². The van der Waals surface area contributed by atoms with Crippen LogP contribution in [0.1, 0.15) is 26.7 Å². The van der Waals surface area contributed by atoms with Gasteiger partial charge in [0.05, 0.1) is 0 Å². The van der Waals surface area contributed by atoms with E-state index in [0.29, 0.717) is 12.6 Å². The lowest BCUT2D eigenvalue weighted by Crippen LogP contribution is -2.40. The molecule has 0 unspecified atom stereocenters. The summed E-state index contributed by atoms with van der Waals surface area (Å²) < 4.78 is 11.8. The topological polar surface area (TPSA) is 29.3 Å². The van der Waals surface area contributed by atoms with Gasteiger partial charge in [0.15, 0.2) is 0 Å². The van der Waals surface area contributed by atoms with E-state index in [9.17, 15) is 4.39 Å². The summed E-state index contributed by atoms with van der Waals surface area (Å²) in [5.41, 5.74) is 5.67. The maximum Gasteiger partial charge on any atom is 0.102 e. The summed E-state index contributed by atoms with van der Waals surface area (Å²) in [5.74, 6) is 0. The lowest BCUT2D eigenvalue weighted by Gasteiger charge is -2.28. The minimum absolute atomic E-state index is 0.227. The summed E-state index contributed by atoms with van der Waals surface area (Å²) in [6, 6.07) is 0.357. The van der Waals surface area contributed by atoms with Gasteiger partial charge in [-0.3, -0.25) is 0 Å². The average Bonchev–Trinajstić information content (AvgIpc) is 2.13. The van der Waals surface area contributed by atoms with Gasteiger partial charge in [-0.1, -0.05) is 13.8 Å². The van der Waals surface area contributed by atoms with E-state index in [0.717, 1.165) is 25.9 Å². The fraction of sp³-hybridized carbons (Fsp3) is 1.00. The standard InChI is InChI=1S/C7H15FN2.C2H6/c8-3-6-10-4-1-7(9)2-5-10;1-2/h7H,1-6,9H2;1-2H3. The van der Waals surface area contributed by atoms with Crippen molar-refractivity contribution in [2.24, 2.45) is 5.73 Å². The lowest BCUT2D eigenvalue weighted by atomic mass is 10.1. The number of rotatable bonds is 2. The Balaban J connectivity index is 0.000000561. The zero-order valence-corrected chi connectivity index (χ0v) is 8.22. The van der Waals surface area contributed by atoms with Crippen molar-refractivity contribution in [3.63, 3.8) is 0 Å². The quantitative estimate of drug-likeness (QED) is 0.689. The molecule has 0 radical (unpaired) electrons. The molecule has 1 fully saturated rings. The van der Waals surface area contributed by atoms with E-state index in [2.05, 4.69) is 4.90 Å². The first-order valence-corrected chi connectivity index (χ1v) is 4.87. The number of halogens is 1. The monoisotopic (exact) mass is 176 g/mol. The second-order valence-electron chi connectivity index (χ2n) is 2.87. The van der Waals surface area contributed by atoms with Crippen LogP contribution in [0.15, 0.2) is 0 Å². The first-order valence-electron chi connectivity index (χ1n) is 4.87. The fourth-order valence-electron chi connectivity index (χ4n) is 1.30. The largest absolute Gasteiger partial charge is 0.328 e. The van der Waals surface area contributed by atoms with E-state index in [4.69, 9.17) is 5.73 Å². The number of nitrogens with zero attached hydrogens (tertiary/aromatic N) is 1. The molecule has 1 aliphatic heterocycles. The van der Waals surface area contributed by atoms with Gasteiger partial charge in [0.25, 0.3) is 0 Å². The van der Waals surface area contributed by atoms with E-state index in [-0.39, 0.29) is 6.67 Å². The first-order chi connectivity index (χ1) is 5.83. The van der Waals surface area contributed by atoms with E-state index in [1.165, 1.54) is 0 Å². The Hall–Kier alpha value is -0.150. The van der Waals surface area contributed by atoms with Crippen LogP contribution in [0.2, 0.25) is 0 Å². The van der Waals surface area contributed by atoms with Crippen LogP contribution in [0, 0.1) is 0 Å². The predicted octanol–water partition coefficient (Wildman–Crippen LogP) is 1.41. The Labute approximate surface area is 74.9 Å². The van der Waals surface area contributed by atoms with Gasteiger partial charge in [-0.25, -0.2) is 4.39 Å². The fourth-order valence-corrected chi connectivity index (χ4v) is 1.30. The van der Waals surface area contributed by atoms with Crippen molar-refractivity contribution in [3.05, 3.63) is 0 Å². The number of nitrogens with two attached hydrogens (primary N) is 1. The molecule has 1 saturated heterocycles. The van der Waals surface area contributed by atoms with E-state index < -0.39 is 0 Å². The van der Waals surface area contributed by atoms with E-state index in [1.807, 2.05) is 13.8 Å². The summed E-state index contributed by atoms with van der Waals surface area (Å²) in [5, 5.41) is 0. The van der Waals surface area contributed by atoms with Crippen LogP contribution in [-0.2, 0) is 0 Å². The molecule has 1 aliphatic rings. The highest BCUT2D eigenvalue weighted by Crippen LogP contribution is 2.06. The number of alkyl halides is 1. The molecule has 0 aromatic heterocycles. The molecule has 0 atom stereocenters. The van der Waals surface area contributed by atoms with Crippen LogP contribution in [-0.4, -0.2) is 37.3 Å². The van der Waals surface area contributed by atoms with Crippen LogP contribution in [0.3, 0.4) is 0 Å². The third-order valence-electron chi connectivity index (χ3n) is 2.03. The van der Waals surface area contributed by atoms with E-state index in [1.54, 1.807) is 0 Å². The maximum absolute atomic E-state index is 11.8. The van der Waals surface area contributed by atoms with Crippen molar-refractivity contribution in [1.29, 1.82) is 0 Å². The molecular formula is C9H21FN2. The molecule has 0 bridgehead atoms. The molecule has 1 rings (SSSR count). The van der Waals surface area contributed by atoms with Gasteiger partial charge >= 0.3 is 0 Å². The second-order valence-corrected chi connectivity index (χ2v) is 2.87. The van der Waals surface area contributed by atoms with Gasteiger partial charge in [0.1, 0.15) is 6.67 Å². The Morgan fingerprint density at radius 1 is 1.33 bits per heavy atom. The van der Waals surface area contributed by atoms with Crippen molar-refractivity contribution in [3.8, 4) is 0 Å². The molecule has 0 aromatic carbocycles. The maximum atomic E-state index is 11.8. The molecule has 0 amide bonds. The highest BCUT2D eigenvalue weighted by Gasteiger charge is 2.14. The number of piperidine rings is 1. The van der Waals surface area contributed by atoms with Crippen molar-refractivity contribution >= 4 is 0 Å². The third kappa shape index (κ3) is 4.67. The van der Waals surface area contributed by atoms with Gasteiger partial charge in [-0.05, 0) is 25.9 Å². The summed E-state index contributed by atoms with van der Waals surface area (Å²) >= 11 is 0. The smallest absolute Gasteiger partial charge is 0.102 e. The molecule has 1 heterocycles. The normalized spacial score (nSPS) is 20.0. The van der Waals surface area contributed by atoms with Gasteiger partial charge in [-0.15, -0.1) is 0 Å². The second kappa shape index (κ2) is 7.50. The minimum Gasteiger partial charge on any atom is -0.328 e. The molecular weight excluding hydrogens is 155 g/mol.